The van der Waals surface area contributed by atoms with Crippen molar-refractivity contribution in [1.82, 2.24) is 10.3 Å². The van der Waals surface area contributed by atoms with Gasteiger partial charge >= 0.3 is 0 Å². The third-order valence-electron chi connectivity index (χ3n) is 2.37. The first kappa shape index (κ1) is 14.7. The number of rotatable bonds is 6. The van der Waals surface area contributed by atoms with Crippen LogP contribution < -0.4 is 5.32 Å². The number of nitrogens with zero attached hydrogens (tertiary/aromatic N) is 2. The Morgan fingerprint density at radius 2 is 2.33 bits per heavy atom. The predicted octanol–water partition coefficient (Wildman–Crippen LogP) is 2.03. The zero-order chi connectivity index (χ0) is 13.8. The summed E-state index contributed by atoms with van der Waals surface area (Å²) in [5.74, 6) is -0.494. The van der Waals surface area contributed by atoms with E-state index in [0.717, 1.165) is 0 Å². The van der Waals surface area contributed by atoms with Crippen molar-refractivity contribution in [3.8, 4) is 0 Å². The van der Waals surface area contributed by atoms with Gasteiger partial charge in [-0.3, -0.25) is 4.79 Å². The summed E-state index contributed by atoms with van der Waals surface area (Å²) in [6.07, 6.45) is 5.21. The SMILES string of the molecule is C=C(/C=N\N(C)C)NC(=O)/C=C/CC1CC1(F)Cl. The summed E-state index contributed by atoms with van der Waals surface area (Å²) in [6, 6.07) is 0. The van der Waals surface area contributed by atoms with Crippen LogP contribution >= 0.6 is 11.6 Å². The van der Waals surface area contributed by atoms with Crippen LogP contribution in [0, 0.1) is 5.92 Å². The molecule has 1 amide bonds. The van der Waals surface area contributed by atoms with Crippen molar-refractivity contribution in [3.05, 3.63) is 24.4 Å². The molecule has 2 unspecified atom stereocenters. The summed E-state index contributed by atoms with van der Waals surface area (Å²) in [5.41, 5.74) is 0.391. The van der Waals surface area contributed by atoms with E-state index in [4.69, 9.17) is 11.6 Å². The number of carbonyl (C=O) groups excluding carboxylic acids is 1. The van der Waals surface area contributed by atoms with Crippen LogP contribution in [-0.2, 0) is 4.79 Å². The van der Waals surface area contributed by atoms with E-state index >= 15 is 0 Å². The van der Waals surface area contributed by atoms with Crippen molar-refractivity contribution < 1.29 is 9.18 Å². The molecule has 4 nitrogen and oxygen atoms in total. The first-order valence-electron chi connectivity index (χ1n) is 5.57. The molecule has 0 bridgehead atoms. The van der Waals surface area contributed by atoms with Gasteiger partial charge < -0.3 is 10.3 Å². The molecule has 1 aliphatic carbocycles. The van der Waals surface area contributed by atoms with Gasteiger partial charge in [-0.1, -0.05) is 24.3 Å². The lowest BCUT2D eigenvalue weighted by molar-refractivity contribution is -0.115. The second-order valence-electron chi connectivity index (χ2n) is 4.41. The van der Waals surface area contributed by atoms with Gasteiger partial charge in [-0.25, -0.2) is 4.39 Å². The predicted molar refractivity (Wildman–Crippen MR) is 71.0 cm³/mol. The highest BCUT2D eigenvalue weighted by atomic mass is 35.5. The van der Waals surface area contributed by atoms with Crippen molar-refractivity contribution >= 4 is 23.7 Å². The van der Waals surface area contributed by atoms with Gasteiger partial charge in [0.1, 0.15) is 0 Å². The third-order valence-corrected chi connectivity index (χ3v) is 2.84. The lowest BCUT2D eigenvalue weighted by atomic mass is 10.2. The first-order valence-corrected chi connectivity index (χ1v) is 5.94. The standard InChI is InChI=1S/C12H17ClFN3O/c1-9(8-15-17(2)3)16-11(18)6-4-5-10-7-12(10,13)14/h4,6,8,10H,1,5,7H2,2-3H3,(H,16,18)/b6-4+,15-8-. The van der Waals surface area contributed by atoms with Gasteiger partial charge in [-0.05, 0) is 12.5 Å². The van der Waals surface area contributed by atoms with Gasteiger partial charge in [-0.15, -0.1) is 0 Å². The Hall–Kier alpha value is -1.36. The van der Waals surface area contributed by atoms with Crippen LogP contribution in [0.1, 0.15) is 12.8 Å². The Morgan fingerprint density at radius 3 is 2.83 bits per heavy atom. The number of hydrogen-bond acceptors (Lipinski definition) is 3. The van der Waals surface area contributed by atoms with Crippen LogP contribution in [-0.4, -0.2) is 36.4 Å². The van der Waals surface area contributed by atoms with Crippen molar-refractivity contribution in [1.29, 1.82) is 0 Å². The maximum absolute atomic E-state index is 13.0. The second-order valence-corrected chi connectivity index (χ2v) is 5.03. The van der Waals surface area contributed by atoms with E-state index in [-0.39, 0.29) is 11.8 Å². The van der Waals surface area contributed by atoms with Crippen LogP contribution in [0.4, 0.5) is 4.39 Å². The minimum atomic E-state index is -1.57. The van der Waals surface area contributed by atoms with Gasteiger partial charge in [0.2, 0.25) is 5.91 Å². The summed E-state index contributed by atoms with van der Waals surface area (Å²) in [5, 5.41) is 6.46. The van der Waals surface area contributed by atoms with E-state index in [1.807, 2.05) is 0 Å². The van der Waals surface area contributed by atoms with E-state index < -0.39 is 5.13 Å². The first-order chi connectivity index (χ1) is 8.31. The summed E-state index contributed by atoms with van der Waals surface area (Å²) in [7, 11) is 3.52. The molecule has 1 aliphatic rings. The fraction of sp³-hybridized carbons (Fsp3) is 0.500. The van der Waals surface area contributed by atoms with Crippen LogP contribution in [0.25, 0.3) is 0 Å². The van der Waals surface area contributed by atoms with Crippen molar-refractivity contribution in [2.45, 2.75) is 18.0 Å². The number of allylic oxidation sites excluding steroid dienone is 2. The zero-order valence-corrected chi connectivity index (χ0v) is 11.2. The maximum atomic E-state index is 13.0. The quantitative estimate of drug-likeness (QED) is 0.348. The Balaban J connectivity index is 2.25. The van der Waals surface area contributed by atoms with Crippen LogP contribution in [0.3, 0.4) is 0 Å². The maximum Gasteiger partial charge on any atom is 0.248 e. The number of carbonyl (C=O) groups is 1. The zero-order valence-electron chi connectivity index (χ0n) is 10.5. The lowest BCUT2D eigenvalue weighted by Crippen LogP contribution is -2.21. The molecular formula is C12H17ClFN3O. The molecule has 1 N–H and O–H groups in total. The molecular weight excluding hydrogens is 257 g/mol. The molecule has 1 fully saturated rings. The molecule has 1 rings (SSSR count). The fourth-order valence-corrected chi connectivity index (χ4v) is 1.56. The highest BCUT2D eigenvalue weighted by molar-refractivity contribution is 6.25. The van der Waals surface area contributed by atoms with E-state index in [0.29, 0.717) is 18.5 Å². The average Bonchev–Trinajstić information content (AvgIpc) is 2.83. The second kappa shape index (κ2) is 6.00. The molecule has 0 heterocycles. The summed E-state index contributed by atoms with van der Waals surface area (Å²) in [4.78, 5) is 11.4. The number of alkyl halides is 2. The fourth-order valence-electron chi connectivity index (χ4n) is 1.28. The minimum Gasteiger partial charge on any atom is -0.322 e. The Labute approximate surface area is 111 Å². The summed E-state index contributed by atoms with van der Waals surface area (Å²) in [6.45, 7) is 3.62. The van der Waals surface area contributed by atoms with Crippen LogP contribution in [0.5, 0.6) is 0 Å². The number of amides is 1. The van der Waals surface area contributed by atoms with Gasteiger partial charge in [0.05, 0.1) is 11.9 Å². The van der Waals surface area contributed by atoms with Crippen molar-refractivity contribution in [2.75, 3.05) is 14.1 Å². The monoisotopic (exact) mass is 273 g/mol. The molecule has 0 aromatic heterocycles. The van der Waals surface area contributed by atoms with Gasteiger partial charge in [0.25, 0.3) is 0 Å². The van der Waals surface area contributed by atoms with E-state index in [9.17, 15) is 9.18 Å². The van der Waals surface area contributed by atoms with Crippen molar-refractivity contribution in [2.24, 2.45) is 11.0 Å². The third kappa shape index (κ3) is 5.31. The number of hydrazone groups is 1. The number of nitrogens with one attached hydrogen (secondary N) is 1. The summed E-state index contributed by atoms with van der Waals surface area (Å²) >= 11 is 5.44. The topological polar surface area (TPSA) is 44.7 Å². The highest BCUT2D eigenvalue weighted by Crippen LogP contribution is 2.52. The number of hydrogen-bond donors (Lipinski definition) is 1. The molecule has 0 aromatic carbocycles. The van der Waals surface area contributed by atoms with E-state index in [2.05, 4.69) is 17.0 Å². The molecule has 6 heteroatoms. The molecule has 0 aliphatic heterocycles. The lowest BCUT2D eigenvalue weighted by Gasteiger charge is -2.04. The largest absolute Gasteiger partial charge is 0.322 e. The average molecular weight is 274 g/mol. The number of halogens is 2. The smallest absolute Gasteiger partial charge is 0.248 e. The Morgan fingerprint density at radius 1 is 1.72 bits per heavy atom. The van der Waals surface area contributed by atoms with Gasteiger partial charge in [0, 0.05) is 26.4 Å². The molecule has 18 heavy (non-hydrogen) atoms. The highest BCUT2D eigenvalue weighted by Gasteiger charge is 2.52. The van der Waals surface area contributed by atoms with Gasteiger partial charge in [0.15, 0.2) is 5.13 Å². The molecule has 0 aromatic rings. The minimum absolute atomic E-state index is 0.179. The molecule has 100 valence electrons. The Kier molecular flexibility index (Phi) is 4.90. The normalized spacial score (nSPS) is 26.6. The van der Waals surface area contributed by atoms with Gasteiger partial charge in [-0.2, -0.15) is 5.10 Å². The van der Waals surface area contributed by atoms with E-state index in [1.54, 1.807) is 25.2 Å². The molecule has 2 atom stereocenters. The molecule has 0 radical (unpaired) electrons. The summed E-state index contributed by atoms with van der Waals surface area (Å²) < 4.78 is 13.0. The van der Waals surface area contributed by atoms with Crippen molar-refractivity contribution in [3.63, 3.8) is 0 Å². The molecule has 0 spiro atoms. The van der Waals surface area contributed by atoms with Crippen LogP contribution in [0.15, 0.2) is 29.5 Å². The Bertz CT molecular complexity index is 391. The van der Waals surface area contributed by atoms with Crippen LogP contribution in [0.2, 0.25) is 0 Å². The molecule has 0 saturated heterocycles. The van der Waals surface area contributed by atoms with E-state index in [1.165, 1.54) is 12.3 Å². The molecule has 1 saturated carbocycles.